The fourth-order valence-corrected chi connectivity index (χ4v) is 3.41. The highest BCUT2D eigenvalue weighted by Gasteiger charge is 2.32. The lowest BCUT2D eigenvalue weighted by Gasteiger charge is -2.38. The second-order valence-electron chi connectivity index (χ2n) is 5.89. The topological polar surface area (TPSA) is 58.2 Å². The van der Waals surface area contributed by atoms with Crippen LogP contribution in [0.3, 0.4) is 0 Å². The Bertz CT molecular complexity index is 346. The highest BCUT2D eigenvalue weighted by atomic mass is 32.2. The first-order valence-electron chi connectivity index (χ1n) is 6.70. The lowest BCUT2D eigenvalue weighted by atomic mass is 9.71. The summed E-state index contributed by atoms with van der Waals surface area (Å²) in [6.45, 7) is 3.60. The maximum absolute atomic E-state index is 11.7. The van der Waals surface area contributed by atoms with E-state index in [2.05, 4.69) is 17.0 Å². The van der Waals surface area contributed by atoms with Gasteiger partial charge in [-0.3, -0.25) is 0 Å². The molecule has 5 heteroatoms. The van der Waals surface area contributed by atoms with Crippen LogP contribution in [0.5, 0.6) is 0 Å². The Labute approximate surface area is 105 Å². The van der Waals surface area contributed by atoms with Crippen molar-refractivity contribution in [3.63, 3.8) is 0 Å². The number of sulfonamides is 1. The molecule has 0 bridgehead atoms. The molecule has 0 aromatic carbocycles. The lowest BCUT2D eigenvalue weighted by molar-refractivity contribution is 0.166. The van der Waals surface area contributed by atoms with Crippen molar-refractivity contribution in [3.05, 3.63) is 0 Å². The van der Waals surface area contributed by atoms with Gasteiger partial charge in [-0.25, -0.2) is 13.1 Å². The predicted octanol–water partition coefficient (Wildman–Crippen LogP) is 1.24. The SMILES string of the molecule is CC1(CNS(=O)(=O)CCCNC2CC2)CCC1. The molecule has 2 saturated carbocycles. The maximum atomic E-state index is 11.7. The van der Waals surface area contributed by atoms with Crippen molar-refractivity contribution >= 4 is 10.0 Å². The van der Waals surface area contributed by atoms with Gasteiger partial charge in [-0.05, 0) is 44.1 Å². The lowest BCUT2D eigenvalue weighted by Crippen LogP contribution is -2.41. The van der Waals surface area contributed by atoms with Crippen LogP contribution in [0.1, 0.15) is 45.4 Å². The van der Waals surface area contributed by atoms with Gasteiger partial charge in [-0.15, -0.1) is 0 Å². The van der Waals surface area contributed by atoms with Gasteiger partial charge in [0.05, 0.1) is 5.75 Å². The van der Waals surface area contributed by atoms with E-state index in [0.29, 0.717) is 19.0 Å². The standard InChI is InChI=1S/C12H24N2O2S/c1-12(6-2-7-12)10-14-17(15,16)9-3-8-13-11-4-5-11/h11,13-14H,2-10H2,1H3. The molecule has 2 rings (SSSR count). The van der Waals surface area contributed by atoms with Gasteiger partial charge < -0.3 is 5.32 Å². The molecule has 4 nitrogen and oxygen atoms in total. The van der Waals surface area contributed by atoms with Gasteiger partial charge in [-0.1, -0.05) is 13.3 Å². The summed E-state index contributed by atoms with van der Waals surface area (Å²) in [6, 6.07) is 0.666. The van der Waals surface area contributed by atoms with Crippen molar-refractivity contribution in [3.8, 4) is 0 Å². The smallest absolute Gasteiger partial charge is 0.211 e. The van der Waals surface area contributed by atoms with Gasteiger partial charge in [-0.2, -0.15) is 0 Å². The quantitative estimate of drug-likeness (QED) is 0.646. The number of nitrogens with one attached hydrogen (secondary N) is 2. The molecule has 0 heterocycles. The minimum Gasteiger partial charge on any atom is -0.314 e. The molecule has 17 heavy (non-hydrogen) atoms. The summed E-state index contributed by atoms with van der Waals surface area (Å²) in [7, 11) is -3.06. The zero-order valence-electron chi connectivity index (χ0n) is 10.7. The second kappa shape index (κ2) is 5.24. The van der Waals surface area contributed by atoms with Crippen LogP contribution in [0.2, 0.25) is 0 Å². The first kappa shape index (κ1) is 13.3. The van der Waals surface area contributed by atoms with E-state index in [9.17, 15) is 8.42 Å². The van der Waals surface area contributed by atoms with Crippen molar-refractivity contribution in [2.75, 3.05) is 18.8 Å². The number of rotatable bonds is 8. The molecule has 0 amide bonds. The first-order valence-corrected chi connectivity index (χ1v) is 8.35. The van der Waals surface area contributed by atoms with Crippen LogP contribution in [0.15, 0.2) is 0 Å². The minimum absolute atomic E-state index is 0.222. The van der Waals surface area contributed by atoms with E-state index in [1.54, 1.807) is 0 Å². The summed E-state index contributed by atoms with van der Waals surface area (Å²) in [4.78, 5) is 0. The Morgan fingerprint density at radius 3 is 2.53 bits per heavy atom. The van der Waals surface area contributed by atoms with Crippen LogP contribution >= 0.6 is 0 Å². The van der Waals surface area contributed by atoms with Gasteiger partial charge in [0.25, 0.3) is 0 Å². The summed E-state index contributed by atoms with van der Waals surface area (Å²) in [5.74, 6) is 0.253. The molecular weight excluding hydrogens is 236 g/mol. The summed E-state index contributed by atoms with van der Waals surface area (Å²) >= 11 is 0. The third-order valence-corrected chi connectivity index (χ3v) is 5.29. The van der Waals surface area contributed by atoms with Gasteiger partial charge >= 0.3 is 0 Å². The Kier molecular flexibility index (Phi) is 4.10. The van der Waals surface area contributed by atoms with Crippen molar-refractivity contribution in [2.24, 2.45) is 5.41 Å². The normalized spacial score (nSPS) is 23.4. The van der Waals surface area contributed by atoms with E-state index in [0.717, 1.165) is 19.4 Å². The monoisotopic (exact) mass is 260 g/mol. The van der Waals surface area contributed by atoms with Gasteiger partial charge in [0.1, 0.15) is 0 Å². The Morgan fingerprint density at radius 2 is 2.00 bits per heavy atom. The van der Waals surface area contributed by atoms with Crippen LogP contribution in [0.25, 0.3) is 0 Å². The molecule has 0 atom stereocenters. The third kappa shape index (κ3) is 4.56. The fraction of sp³-hybridized carbons (Fsp3) is 1.00. The maximum Gasteiger partial charge on any atom is 0.211 e. The van der Waals surface area contributed by atoms with Crippen LogP contribution in [-0.4, -0.2) is 33.3 Å². The molecular formula is C12H24N2O2S. The molecule has 0 saturated heterocycles. The first-order chi connectivity index (χ1) is 7.99. The number of hydrogen-bond donors (Lipinski definition) is 2. The second-order valence-corrected chi connectivity index (χ2v) is 7.81. The molecule has 2 aliphatic carbocycles. The summed E-state index contributed by atoms with van der Waals surface area (Å²) in [5, 5.41) is 3.33. The van der Waals surface area contributed by atoms with E-state index in [-0.39, 0.29) is 11.2 Å². The molecule has 2 fully saturated rings. The molecule has 0 aromatic rings. The largest absolute Gasteiger partial charge is 0.314 e. The highest BCUT2D eigenvalue weighted by molar-refractivity contribution is 7.89. The third-order valence-electron chi connectivity index (χ3n) is 3.88. The van der Waals surface area contributed by atoms with E-state index >= 15 is 0 Å². The zero-order valence-corrected chi connectivity index (χ0v) is 11.5. The highest BCUT2D eigenvalue weighted by Crippen LogP contribution is 2.39. The van der Waals surface area contributed by atoms with E-state index in [1.165, 1.54) is 19.3 Å². The number of hydrogen-bond acceptors (Lipinski definition) is 3. The Balaban J connectivity index is 1.59. The molecule has 0 unspecified atom stereocenters. The molecule has 0 spiro atoms. The van der Waals surface area contributed by atoms with Crippen molar-refractivity contribution in [2.45, 2.75) is 51.5 Å². The van der Waals surface area contributed by atoms with Crippen molar-refractivity contribution in [1.82, 2.24) is 10.0 Å². The molecule has 2 N–H and O–H groups in total. The van der Waals surface area contributed by atoms with Crippen LogP contribution in [-0.2, 0) is 10.0 Å². The van der Waals surface area contributed by atoms with Crippen molar-refractivity contribution in [1.29, 1.82) is 0 Å². The minimum atomic E-state index is -3.06. The van der Waals surface area contributed by atoms with E-state index in [1.807, 2.05) is 0 Å². The molecule has 0 aromatic heterocycles. The predicted molar refractivity (Wildman–Crippen MR) is 69.4 cm³/mol. The molecule has 2 aliphatic rings. The van der Waals surface area contributed by atoms with Gasteiger partial charge in [0.2, 0.25) is 10.0 Å². The molecule has 100 valence electrons. The van der Waals surface area contributed by atoms with Crippen LogP contribution in [0.4, 0.5) is 0 Å². The van der Waals surface area contributed by atoms with Crippen molar-refractivity contribution < 1.29 is 8.42 Å². The summed E-state index contributed by atoms with van der Waals surface area (Å²) < 4.78 is 26.2. The zero-order chi connectivity index (χ0) is 12.4. The van der Waals surface area contributed by atoms with Gasteiger partial charge in [0, 0.05) is 12.6 Å². The van der Waals surface area contributed by atoms with Gasteiger partial charge in [0.15, 0.2) is 0 Å². The van der Waals surface area contributed by atoms with E-state index < -0.39 is 10.0 Å². The summed E-state index contributed by atoms with van der Waals surface area (Å²) in [6.07, 6.45) is 6.76. The Hall–Kier alpha value is -0.130. The average molecular weight is 260 g/mol. The fourth-order valence-electron chi connectivity index (χ4n) is 2.17. The molecule has 0 radical (unpaired) electrons. The Morgan fingerprint density at radius 1 is 1.29 bits per heavy atom. The molecule has 0 aliphatic heterocycles. The van der Waals surface area contributed by atoms with Crippen LogP contribution < -0.4 is 10.0 Å². The summed E-state index contributed by atoms with van der Waals surface area (Å²) in [5.41, 5.74) is 0.222. The van der Waals surface area contributed by atoms with E-state index in [4.69, 9.17) is 0 Å². The van der Waals surface area contributed by atoms with Crippen LogP contribution in [0, 0.1) is 5.41 Å². The average Bonchev–Trinajstić information content (AvgIpc) is 3.03.